The summed E-state index contributed by atoms with van der Waals surface area (Å²) in [6.45, 7) is 0. The average Bonchev–Trinajstić information content (AvgIpc) is 1.63. The van der Waals surface area contributed by atoms with Crippen LogP contribution in [-0.2, 0) is 13.7 Å². The molecule has 0 spiro atoms. The van der Waals surface area contributed by atoms with Crippen LogP contribution in [0.15, 0.2) is 0 Å². The fraction of sp³-hybridized carbons (Fsp3) is 0. The van der Waals surface area contributed by atoms with Crippen molar-refractivity contribution in [2.45, 2.75) is 0 Å². The lowest BCUT2D eigenvalue weighted by molar-refractivity contribution is -0.158. The second kappa shape index (κ2) is 5.47. The largest absolute Gasteiger partial charge is 0.761 e. The molecule has 0 aliphatic rings. The van der Waals surface area contributed by atoms with Gasteiger partial charge in [0, 0.05) is 0 Å². The van der Waals surface area contributed by atoms with Crippen LogP contribution in [0.1, 0.15) is 0 Å². The first-order chi connectivity index (χ1) is 4.29. The first-order valence-electron chi connectivity index (χ1n) is 1.60. The summed E-state index contributed by atoms with van der Waals surface area (Å²) in [6.07, 6.45) is 0. The van der Waals surface area contributed by atoms with Gasteiger partial charge in [0.15, 0.2) is 0 Å². The standard InChI is InChI=1S/H3O5P.H2O3Si/c1-5-6(2,3)4;1-4(2)3/h1H,(H2,2,3,4);1-2H. The minimum Gasteiger partial charge on any atom is -0.511 e. The monoisotopic (exact) mass is 192 g/mol. The maximum Gasteiger partial charge on any atom is 0.761 e. The molecule has 0 aromatic rings. The lowest BCUT2D eigenvalue weighted by atomic mass is 15.0. The van der Waals surface area contributed by atoms with E-state index in [4.69, 9.17) is 29.1 Å². The van der Waals surface area contributed by atoms with Gasteiger partial charge in [-0.1, -0.05) is 0 Å². The predicted molar refractivity (Wildman–Crippen MR) is 26.6 cm³/mol. The zero-order valence-corrected chi connectivity index (χ0v) is 6.30. The Bertz CT molecular complexity index is 128. The molecule has 62 valence electrons. The molecule has 0 unspecified atom stereocenters. The van der Waals surface area contributed by atoms with Crippen LogP contribution in [-0.4, -0.2) is 33.8 Å². The molecule has 0 bridgehead atoms. The molecule has 0 atom stereocenters. The highest BCUT2D eigenvalue weighted by Crippen LogP contribution is 2.33. The van der Waals surface area contributed by atoms with E-state index in [2.05, 4.69) is 4.67 Å². The van der Waals surface area contributed by atoms with Crippen LogP contribution in [0.4, 0.5) is 0 Å². The van der Waals surface area contributed by atoms with Crippen LogP contribution in [0.3, 0.4) is 0 Å². The molecule has 0 radical (unpaired) electrons. The van der Waals surface area contributed by atoms with Crippen molar-refractivity contribution in [3.63, 3.8) is 0 Å². The van der Waals surface area contributed by atoms with E-state index in [0.29, 0.717) is 0 Å². The van der Waals surface area contributed by atoms with Gasteiger partial charge in [0.1, 0.15) is 0 Å². The summed E-state index contributed by atoms with van der Waals surface area (Å²) in [5, 5.41) is 7.14. The fourth-order valence-corrected chi connectivity index (χ4v) is 0. The molecule has 0 fully saturated rings. The lowest BCUT2D eigenvalue weighted by Crippen LogP contribution is -1.90. The van der Waals surface area contributed by atoms with Gasteiger partial charge in [-0.25, -0.2) is 9.82 Å². The average molecular weight is 192 g/mol. The summed E-state index contributed by atoms with van der Waals surface area (Å²) in [5.41, 5.74) is 0. The third-order valence-corrected chi connectivity index (χ3v) is 0.319. The minimum absolute atomic E-state index is 2.60. The highest BCUT2D eigenvalue weighted by Gasteiger charge is 2.10. The number of hydrogen-bond donors (Lipinski definition) is 5. The molecular weight excluding hydrogens is 187 g/mol. The Kier molecular flexibility index (Phi) is 6.77. The maximum atomic E-state index is 9.22. The van der Waals surface area contributed by atoms with Crippen molar-refractivity contribution in [2.75, 3.05) is 0 Å². The summed E-state index contributed by atoms with van der Waals surface area (Å²) in [6, 6.07) is 0. The Morgan fingerprint density at radius 3 is 1.40 bits per heavy atom. The van der Waals surface area contributed by atoms with Gasteiger partial charge in [0.05, 0.1) is 0 Å². The van der Waals surface area contributed by atoms with Crippen molar-refractivity contribution >= 4 is 17.0 Å². The highest BCUT2D eigenvalue weighted by atomic mass is 31.2. The van der Waals surface area contributed by atoms with Crippen LogP contribution in [0, 0.1) is 0 Å². The second-order valence-electron chi connectivity index (χ2n) is 0.855. The van der Waals surface area contributed by atoms with Crippen LogP contribution in [0.5, 0.6) is 0 Å². The van der Waals surface area contributed by atoms with Crippen LogP contribution < -0.4 is 0 Å². The van der Waals surface area contributed by atoms with E-state index in [9.17, 15) is 4.57 Å². The van der Waals surface area contributed by atoms with Gasteiger partial charge in [-0.15, -0.1) is 4.67 Å². The van der Waals surface area contributed by atoms with Crippen LogP contribution >= 0.6 is 7.82 Å². The molecule has 0 amide bonds. The SMILES string of the molecule is O=P(O)(O)OO.O=[Si](O)O. The summed E-state index contributed by atoms with van der Waals surface area (Å²) < 4.78 is 20.6. The van der Waals surface area contributed by atoms with Crippen molar-refractivity contribution in [3.05, 3.63) is 0 Å². The van der Waals surface area contributed by atoms with Gasteiger partial charge >= 0.3 is 17.0 Å². The first-order valence-corrected chi connectivity index (χ1v) is 4.43. The van der Waals surface area contributed by atoms with Gasteiger partial charge in [0.25, 0.3) is 0 Å². The van der Waals surface area contributed by atoms with Crippen LogP contribution in [0.2, 0.25) is 0 Å². The molecule has 0 saturated heterocycles. The third-order valence-electron chi connectivity index (χ3n) is 0.106. The minimum atomic E-state index is -4.59. The molecule has 8 nitrogen and oxygen atoms in total. The van der Waals surface area contributed by atoms with E-state index in [1.165, 1.54) is 0 Å². The van der Waals surface area contributed by atoms with E-state index < -0.39 is 17.0 Å². The maximum absolute atomic E-state index is 9.22. The molecule has 0 aromatic carbocycles. The topological polar surface area (TPSA) is 145 Å². The normalized spacial score (nSPS) is 9.50. The van der Waals surface area contributed by atoms with Crippen molar-refractivity contribution in [3.8, 4) is 0 Å². The Labute approximate surface area is 56.4 Å². The molecule has 10 heteroatoms. The molecule has 0 aliphatic heterocycles. The van der Waals surface area contributed by atoms with E-state index >= 15 is 0 Å². The van der Waals surface area contributed by atoms with Gasteiger partial charge < -0.3 is 19.4 Å². The van der Waals surface area contributed by atoms with Gasteiger partial charge in [-0.05, 0) is 0 Å². The lowest BCUT2D eigenvalue weighted by Gasteiger charge is -1.90. The Morgan fingerprint density at radius 1 is 1.30 bits per heavy atom. The van der Waals surface area contributed by atoms with Gasteiger partial charge in [0.2, 0.25) is 0 Å². The Balaban J connectivity index is 0. The third kappa shape index (κ3) is 47.6. The van der Waals surface area contributed by atoms with Crippen LogP contribution in [0.25, 0.3) is 0 Å². The quantitative estimate of drug-likeness (QED) is 0.138. The van der Waals surface area contributed by atoms with E-state index in [1.54, 1.807) is 0 Å². The second-order valence-corrected chi connectivity index (χ2v) is 2.56. The molecule has 0 saturated carbocycles. The molecule has 5 N–H and O–H groups in total. The smallest absolute Gasteiger partial charge is 0.511 e. The van der Waals surface area contributed by atoms with Gasteiger partial charge in [-0.3, -0.25) is 4.46 Å². The Hall–Kier alpha value is -0.313. The van der Waals surface area contributed by atoms with Crippen molar-refractivity contribution in [1.29, 1.82) is 0 Å². The molecule has 10 heavy (non-hydrogen) atoms. The predicted octanol–water partition coefficient (Wildman–Crippen LogP) is -2.04. The van der Waals surface area contributed by atoms with E-state index in [1.807, 2.05) is 0 Å². The number of hydrogen-bond acceptors (Lipinski definition) is 4. The first kappa shape index (κ1) is 12.4. The molecule has 0 aliphatic carbocycles. The van der Waals surface area contributed by atoms with Crippen molar-refractivity contribution < 1.29 is 38.3 Å². The van der Waals surface area contributed by atoms with E-state index in [-0.39, 0.29) is 0 Å². The molecular formula is H5O8PSi. The number of rotatable bonds is 1. The zero-order valence-electron chi connectivity index (χ0n) is 4.41. The molecule has 0 aromatic heterocycles. The van der Waals surface area contributed by atoms with Gasteiger partial charge in [-0.2, -0.15) is 0 Å². The highest BCUT2D eigenvalue weighted by molar-refractivity contribution is 7.46. The van der Waals surface area contributed by atoms with Crippen molar-refractivity contribution in [2.24, 2.45) is 0 Å². The summed E-state index contributed by atoms with van der Waals surface area (Å²) >= 11 is 0. The summed E-state index contributed by atoms with van der Waals surface area (Å²) in [4.78, 5) is 29.2. The number of phosphoric acid groups is 1. The molecule has 0 rings (SSSR count). The zero-order chi connectivity index (χ0) is 8.78. The summed E-state index contributed by atoms with van der Waals surface area (Å²) in [5.74, 6) is 0. The Morgan fingerprint density at radius 2 is 1.40 bits per heavy atom. The molecule has 0 heterocycles. The van der Waals surface area contributed by atoms with E-state index in [0.717, 1.165) is 0 Å². The summed E-state index contributed by atoms with van der Waals surface area (Å²) in [7, 11) is -7.72. The van der Waals surface area contributed by atoms with Crippen molar-refractivity contribution in [1.82, 2.24) is 0 Å². The fourth-order valence-electron chi connectivity index (χ4n) is 0.